The lowest BCUT2D eigenvalue weighted by molar-refractivity contribution is -0.756. The van der Waals surface area contributed by atoms with Crippen molar-refractivity contribution in [3.63, 3.8) is 0 Å². The van der Waals surface area contributed by atoms with Crippen molar-refractivity contribution in [2.75, 3.05) is 13.1 Å². The standard InChI is InChI=1S/C16H30N2O3S/c1-5-6-7-8-12(2)13(3)9-16(20)18(21)11-15(19)17-10-14(4)22/h12-13,18H,5-11H2,1-4H3,(H,17,19). The number of amides is 2. The first-order chi connectivity index (χ1) is 10.3. The second kappa shape index (κ2) is 11.7. The number of carbonyl (C=O) groups is 2. The van der Waals surface area contributed by atoms with Crippen LogP contribution in [0, 0.1) is 17.0 Å². The van der Waals surface area contributed by atoms with Gasteiger partial charge < -0.3 is 15.6 Å². The summed E-state index contributed by atoms with van der Waals surface area (Å²) < 4.78 is 0. The summed E-state index contributed by atoms with van der Waals surface area (Å²) in [6.45, 7) is 7.88. The molecule has 6 heteroatoms. The highest BCUT2D eigenvalue weighted by Crippen LogP contribution is 2.20. The van der Waals surface area contributed by atoms with Crippen molar-refractivity contribution >= 4 is 28.9 Å². The number of quaternary nitrogens is 1. The molecule has 0 saturated carbocycles. The van der Waals surface area contributed by atoms with Gasteiger partial charge in [0.15, 0.2) is 6.54 Å². The van der Waals surface area contributed by atoms with Gasteiger partial charge in [-0.25, -0.2) is 4.79 Å². The number of unbranched alkanes of at least 4 members (excludes halogenated alkanes) is 2. The van der Waals surface area contributed by atoms with Crippen LogP contribution in [-0.2, 0) is 9.59 Å². The smallest absolute Gasteiger partial charge is 0.312 e. The summed E-state index contributed by atoms with van der Waals surface area (Å²) in [7, 11) is 0. The number of carbonyl (C=O) groups excluding carboxylic acids is 2. The van der Waals surface area contributed by atoms with Gasteiger partial charge in [0.05, 0.1) is 6.42 Å². The van der Waals surface area contributed by atoms with Crippen LogP contribution in [0.15, 0.2) is 0 Å². The maximum Gasteiger partial charge on any atom is 0.312 e. The van der Waals surface area contributed by atoms with E-state index < -0.39 is 16.9 Å². The number of hydrogen-bond donors (Lipinski definition) is 2. The highest BCUT2D eigenvalue weighted by atomic mass is 32.1. The molecule has 3 atom stereocenters. The largest absolute Gasteiger partial charge is 0.626 e. The highest BCUT2D eigenvalue weighted by molar-refractivity contribution is 7.80. The molecule has 0 radical (unpaired) electrons. The van der Waals surface area contributed by atoms with Crippen LogP contribution in [0.5, 0.6) is 0 Å². The van der Waals surface area contributed by atoms with E-state index >= 15 is 0 Å². The summed E-state index contributed by atoms with van der Waals surface area (Å²) in [5.74, 6) is -0.301. The fourth-order valence-electron chi connectivity index (χ4n) is 2.14. The van der Waals surface area contributed by atoms with Crippen LogP contribution in [0.4, 0.5) is 0 Å². The minimum absolute atomic E-state index is 0.166. The Morgan fingerprint density at radius 3 is 2.41 bits per heavy atom. The molecule has 2 N–H and O–H groups in total. The molecule has 128 valence electrons. The van der Waals surface area contributed by atoms with E-state index in [9.17, 15) is 14.8 Å². The second-order valence-electron chi connectivity index (χ2n) is 6.16. The van der Waals surface area contributed by atoms with Crippen LogP contribution in [-0.4, -0.2) is 29.8 Å². The number of nitrogens with one attached hydrogen (secondary N) is 2. The van der Waals surface area contributed by atoms with Crippen LogP contribution in [0.1, 0.15) is 59.8 Å². The molecule has 0 aliphatic carbocycles. The van der Waals surface area contributed by atoms with Crippen LogP contribution in [0.2, 0.25) is 0 Å². The minimum atomic E-state index is -0.605. The van der Waals surface area contributed by atoms with E-state index in [0.717, 1.165) is 12.8 Å². The second-order valence-corrected chi connectivity index (χ2v) is 6.85. The Kier molecular flexibility index (Phi) is 11.2. The summed E-state index contributed by atoms with van der Waals surface area (Å²) in [6, 6.07) is 0. The average molecular weight is 330 g/mol. The van der Waals surface area contributed by atoms with Crippen molar-refractivity contribution in [2.24, 2.45) is 11.8 Å². The first kappa shape index (κ1) is 21.1. The molecule has 0 bridgehead atoms. The van der Waals surface area contributed by atoms with Crippen molar-refractivity contribution in [2.45, 2.75) is 59.8 Å². The Balaban J connectivity index is 4.12. The number of rotatable bonds is 11. The molecular weight excluding hydrogens is 300 g/mol. The Hall–Kier alpha value is -0.850. The van der Waals surface area contributed by atoms with Crippen LogP contribution >= 0.6 is 12.2 Å². The van der Waals surface area contributed by atoms with Gasteiger partial charge in [0.2, 0.25) is 0 Å². The first-order valence-corrected chi connectivity index (χ1v) is 8.50. The Morgan fingerprint density at radius 1 is 1.23 bits per heavy atom. The molecule has 5 nitrogen and oxygen atoms in total. The topological polar surface area (TPSA) is 73.7 Å². The molecule has 22 heavy (non-hydrogen) atoms. The van der Waals surface area contributed by atoms with Gasteiger partial charge >= 0.3 is 5.91 Å². The summed E-state index contributed by atoms with van der Waals surface area (Å²) in [5.41, 5.74) is 0. The van der Waals surface area contributed by atoms with Gasteiger partial charge in [-0.2, -0.15) is 0 Å². The molecule has 0 spiro atoms. The molecule has 0 saturated heterocycles. The van der Waals surface area contributed by atoms with Gasteiger partial charge in [-0.05, 0) is 18.8 Å². The van der Waals surface area contributed by atoms with Crippen molar-refractivity contribution in [3.8, 4) is 0 Å². The van der Waals surface area contributed by atoms with Crippen LogP contribution < -0.4 is 10.4 Å². The lowest BCUT2D eigenvalue weighted by Crippen LogP contribution is -3.11. The van der Waals surface area contributed by atoms with Gasteiger partial charge in [0, 0.05) is 11.4 Å². The summed E-state index contributed by atoms with van der Waals surface area (Å²) >= 11 is 4.84. The maximum atomic E-state index is 11.9. The number of thiocarbonyl (C=S) groups is 1. The van der Waals surface area contributed by atoms with Crippen molar-refractivity contribution < 1.29 is 14.7 Å². The molecule has 0 aromatic rings. The fraction of sp³-hybridized carbons (Fsp3) is 0.812. The van der Waals surface area contributed by atoms with E-state index in [2.05, 4.69) is 19.2 Å². The van der Waals surface area contributed by atoms with E-state index in [-0.39, 0.29) is 25.4 Å². The predicted molar refractivity (Wildman–Crippen MR) is 92.6 cm³/mol. The van der Waals surface area contributed by atoms with Crippen molar-refractivity contribution in [1.29, 1.82) is 0 Å². The van der Waals surface area contributed by atoms with E-state index in [1.165, 1.54) is 12.8 Å². The molecule has 0 aromatic heterocycles. The van der Waals surface area contributed by atoms with Gasteiger partial charge in [-0.15, -0.1) is 0 Å². The first-order valence-electron chi connectivity index (χ1n) is 8.10. The van der Waals surface area contributed by atoms with E-state index in [1.54, 1.807) is 6.92 Å². The fourth-order valence-corrected chi connectivity index (χ4v) is 2.21. The Bertz CT molecular complexity index is 374. The normalized spacial score (nSPS) is 15.0. The summed E-state index contributed by atoms with van der Waals surface area (Å²) in [4.78, 5) is 24.1. The third-order valence-corrected chi connectivity index (χ3v) is 4.05. The maximum absolute atomic E-state index is 11.9. The molecule has 0 heterocycles. The molecular formula is C16H30N2O3S. The molecule has 3 unspecified atom stereocenters. The van der Waals surface area contributed by atoms with Crippen molar-refractivity contribution in [1.82, 2.24) is 5.32 Å². The number of hydroxylamine groups is 2. The third kappa shape index (κ3) is 9.97. The molecule has 0 aliphatic heterocycles. The van der Waals surface area contributed by atoms with Crippen LogP contribution in [0.25, 0.3) is 0 Å². The summed E-state index contributed by atoms with van der Waals surface area (Å²) in [5, 5.41) is 13.7. The van der Waals surface area contributed by atoms with Gasteiger partial charge in [0.1, 0.15) is 0 Å². The quantitative estimate of drug-likeness (QED) is 0.343. The monoisotopic (exact) mass is 330 g/mol. The average Bonchev–Trinajstić information content (AvgIpc) is 2.44. The predicted octanol–water partition coefficient (Wildman–Crippen LogP) is 1.64. The molecule has 0 fully saturated rings. The van der Waals surface area contributed by atoms with E-state index in [4.69, 9.17) is 12.2 Å². The van der Waals surface area contributed by atoms with Gasteiger partial charge in [0.25, 0.3) is 5.91 Å². The van der Waals surface area contributed by atoms with Crippen LogP contribution in [0.3, 0.4) is 0 Å². The Labute approximate surface area is 139 Å². The molecule has 2 amide bonds. The molecule has 0 aromatic carbocycles. The highest BCUT2D eigenvalue weighted by Gasteiger charge is 2.21. The van der Waals surface area contributed by atoms with Gasteiger partial charge in [-0.1, -0.05) is 58.7 Å². The zero-order valence-electron chi connectivity index (χ0n) is 14.2. The SMILES string of the molecule is CCCCCC(C)C(C)CC(=O)[NH+]([O-])CC(=O)NCC(C)=S. The van der Waals surface area contributed by atoms with E-state index in [1.807, 2.05) is 6.92 Å². The molecule has 0 aliphatic rings. The third-order valence-electron chi connectivity index (χ3n) is 3.91. The number of hydrogen-bond acceptors (Lipinski definition) is 4. The minimum Gasteiger partial charge on any atom is -0.626 e. The molecule has 0 rings (SSSR count). The van der Waals surface area contributed by atoms with Crippen molar-refractivity contribution in [3.05, 3.63) is 5.21 Å². The lowest BCUT2D eigenvalue weighted by Gasteiger charge is -2.23. The Morgan fingerprint density at radius 2 is 1.86 bits per heavy atom. The zero-order valence-corrected chi connectivity index (χ0v) is 15.1. The van der Waals surface area contributed by atoms with E-state index in [0.29, 0.717) is 10.8 Å². The zero-order chi connectivity index (χ0) is 17.1. The van der Waals surface area contributed by atoms with Gasteiger partial charge in [-0.3, -0.25) is 4.79 Å². The summed E-state index contributed by atoms with van der Waals surface area (Å²) in [6.07, 6.45) is 4.83. The lowest BCUT2D eigenvalue weighted by atomic mass is 9.88.